The summed E-state index contributed by atoms with van der Waals surface area (Å²) in [6.45, 7) is 0.470. The van der Waals surface area contributed by atoms with E-state index in [0.29, 0.717) is 30.4 Å². The van der Waals surface area contributed by atoms with Gasteiger partial charge in [0.25, 0.3) is 0 Å². The fraction of sp³-hybridized carbons (Fsp3) is 0.467. The highest BCUT2D eigenvalue weighted by Gasteiger charge is 2.17. The van der Waals surface area contributed by atoms with Crippen molar-refractivity contribution in [1.82, 2.24) is 5.32 Å². The smallest absolute Gasteiger partial charge is 0.220 e. The second-order valence-corrected chi connectivity index (χ2v) is 5.08. The van der Waals surface area contributed by atoms with Crippen LogP contribution in [0.2, 0.25) is 0 Å². The van der Waals surface area contributed by atoms with Crippen molar-refractivity contribution in [3.63, 3.8) is 0 Å². The molecule has 7 nitrogen and oxygen atoms in total. The first-order chi connectivity index (χ1) is 10.6. The first kappa shape index (κ1) is 15.9. The Labute approximate surface area is 129 Å². The number of piperidine rings is 1. The van der Waals surface area contributed by atoms with Crippen LogP contribution in [0.1, 0.15) is 19.3 Å². The second-order valence-electron chi connectivity index (χ2n) is 5.08. The highest BCUT2D eigenvalue weighted by Crippen LogP contribution is 2.29. The number of nitrogens with two attached hydrogens (primary N) is 1. The van der Waals surface area contributed by atoms with Gasteiger partial charge in [-0.2, -0.15) is 0 Å². The van der Waals surface area contributed by atoms with Gasteiger partial charge in [0.05, 0.1) is 20.8 Å². The lowest BCUT2D eigenvalue weighted by Crippen LogP contribution is -2.41. The van der Waals surface area contributed by atoms with E-state index >= 15 is 0 Å². The molecule has 1 aromatic carbocycles. The van der Waals surface area contributed by atoms with E-state index in [1.54, 1.807) is 26.4 Å². The van der Waals surface area contributed by atoms with Crippen LogP contribution in [0.4, 0.5) is 5.69 Å². The molecule has 1 heterocycles. The van der Waals surface area contributed by atoms with Crippen molar-refractivity contribution in [2.75, 3.05) is 26.1 Å². The number of anilines is 1. The molecule has 0 aliphatic carbocycles. The molecular weight excluding hydrogens is 284 g/mol. The summed E-state index contributed by atoms with van der Waals surface area (Å²) in [6.07, 6.45) is 2.42. The van der Waals surface area contributed by atoms with Crippen molar-refractivity contribution in [2.45, 2.75) is 25.3 Å². The van der Waals surface area contributed by atoms with Gasteiger partial charge in [0, 0.05) is 24.2 Å². The fourth-order valence-electron chi connectivity index (χ4n) is 2.33. The zero-order valence-electron chi connectivity index (χ0n) is 12.9. The molecule has 1 fully saturated rings. The maximum Gasteiger partial charge on any atom is 0.220 e. The van der Waals surface area contributed by atoms with E-state index in [0.717, 1.165) is 18.5 Å². The first-order valence-electron chi connectivity index (χ1n) is 7.20. The Kier molecular flexibility index (Phi) is 5.46. The summed E-state index contributed by atoms with van der Waals surface area (Å²) in [6, 6.07) is 5.46. The van der Waals surface area contributed by atoms with Crippen molar-refractivity contribution >= 4 is 17.6 Å². The maximum absolute atomic E-state index is 11.3. The lowest BCUT2D eigenvalue weighted by atomic mass is 10.0. The Morgan fingerprint density at radius 1 is 1.41 bits per heavy atom. The summed E-state index contributed by atoms with van der Waals surface area (Å²) in [7, 11) is 3.16. The van der Waals surface area contributed by atoms with Gasteiger partial charge >= 0.3 is 0 Å². The minimum absolute atomic E-state index is 0.0620. The van der Waals surface area contributed by atoms with Crippen molar-refractivity contribution in [2.24, 2.45) is 10.7 Å². The van der Waals surface area contributed by atoms with Gasteiger partial charge in [0.15, 0.2) is 17.5 Å². The van der Waals surface area contributed by atoms with Crippen LogP contribution in [-0.4, -0.2) is 38.7 Å². The standard InChI is InChI=1S/C15H22N4O3/c1-21-12-7-6-10(8-13(12)22-2)19-15(16)17-9-11-4-3-5-14(20)18-11/h6-8,11H,3-5,9H2,1-2H3,(H,18,20)(H3,16,17,19). The Hall–Kier alpha value is -2.44. The third-order valence-electron chi connectivity index (χ3n) is 3.46. The Morgan fingerprint density at radius 3 is 2.86 bits per heavy atom. The molecule has 7 heteroatoms. The predicted octanol–water partition coefficient (Wildman–Crippen LogP) is 1.10. The summed E-state index contributed by atoms with van der Waals surface area (Å²) in [5.74, 6) is 1.64. The molecule has 0 radical (unpaired) electrons. The molecule has 0 spiro atoms. The third-order valence-corrected chi connectivity index (χ3v) is 3.46. The minimum Gasteiger partial charge on any atom is -0.493 e. The number of amides is 1. The fourth-order valence-corrected chi connectivity index (χ4v) is 2.33. The third kappa shape index (κ3) is 4.28. The molecule has 1 amide bonds. The molecule has 1 atom stereocenters. The van der Waals surface area contributed by atoms with E-state index in [4.69, 9.17) is 15.2 Å². The molecule has 0 saturated carbocycles. The number of ether oxygens (including phenoxy) is 2. The molecule has 1 saturated heterocycles. The second kappa shape index (κ2) is 7.53. The number of carbonyl (C=O) groups excluding carboxylic acids is 1. The molecule has 0 aromatic heterocycles. The zero-order valence-corrected chi connectivity index (χ0v) is 12.9. The molecular formula is C15H22N4O3. The van der Waals surface area contributed by atoms with E-state index in [2.05, 4.69) is 15.6 Å². The number of nitrogens with one attached hydrogen (secondary N) is 2. The van der Waals surface area contributed by atoms with Crippen LogP contribution < -0.4 is 25.8 Å². The number of methoxy groups -OCH3 is 2. The van der Waals surface area contributed by atoms with Crippen molar-refractivity contribution < 1.29 is 14.3 Å². The monoisotopic (exact) mass is 306 g/mol. The topological polar surface area (TPSA) is 98.0 Å². The molecule has 120 valence electrons. The number of nitrogens with zero attached hydrogens (tertiary/aromatic N) is 1. The molecule has 1 aliphatic rings. The quantitative estimate of drug-likeness (QED) is 0.559. The highest BCUT2D eigenvalue weighted by molar-refractivity contribution is 5.92. The number of hydrogen-bond donors (Lipinski definition) is 3. The number of benzene rings is 1. The van der Waals surface area contributed by atoms with E-state index < -0.39 is 0 Å². The summed E-state index contributed by atoms with van der Waals surface area (Å²) in [5.41, 5.74) is 6.63. The van der Waals surface area contributed by atoms with Crippen LogP contribution in [0.25, 0.3) is 0 Å². The van der Waals surface area contributed by atoms with Crippen LogP contribution in [0.15, 0.2) is 23.2 Å². The average molecular weight is 306 g/mol. The van der Waals surface area contributed by atoms with Crippen molar-refractivity contribution in [1.29, 1.82) is 0 Å². The molecule has 0 bridgehead atoms. The molecule has 1 aromatic rings. The SMILES string of the molecule is COc1ccc(NC(N)=NCC2CCCC(=O)N2)cc1OC. The van der Waals surface area contributed by atoms with Crippen LogP contribution in [0, 0.1) is 0 Å². The van der Waals surface area contributed by atoms with Gasteiger partial charge in [-0.25, -0.2) is 0 Å². The largest absolute Gasteiger partial charge is 0.493 e. The van der Waals surface area contributed by atoms with Crippen LogP contribution in [0.5, 0.6) is 11.5 Å². The van der Waals surface area contributed by atoms with Gasteiger partial charge in [-0.1, -0.05) is 0 Å². The summed E-state index contributed by atoms with van der Waals surface area (Å²) in [4.78, 5) is 15.6. The summed E-state index contributed by atoms with van der Waals surface area (Å²) in [5, 5.41) is 5.90. The van der Waals surface area contributed by atoms with Gasteiger partial charge in [-0.3, -0.25) is 9.79 Å². The van der Waals surface area contributed by atoms with Crippen LogP contribution in [0.3, 0.4) is 0 Å². The minimum atomic E-state index is 0.0620. The first-order valence-corrected chi connectivity index (χ1v) is 7.20. The zero-order chi connectivity index (χ0) is 15.9. The number of aliphatic imine (C=N–C) groups is 1. The van der Waals surface area contributed by atoms with Crippen LogP contribution in [-0.2, 0) is 4.79 Å². The number of rotatable bonds is 5. The average Bonchev–Trinajstić information content (AvgIpc) is 2.53. The Bertz CT molecular complexity index is 560. The Morgan fingerprint density at radius 2 is 2.18 bits per heavy atom. The van der Waals surface area contributed by atoms with E-state index in [1.807, 2.05) is 6.07 Å². The number of hydrogen-bond acceptors (Lipinski definition) is 4. The molecule has 4 N–H and O–H groups in total. The van der Waals surface area contributed by atoms with Gasteiger partial charge in [-0.15, -0.1) is 0 Å². The van der Waals surface area contributed by atoms with Gasteiger partial charge in [0.1, 0.15) is 0 Å². The maximum atomic E-state index is 11.3. The highest BCUT2D eigenvalue weighted by atomic mass is 16.5. The molecule has 22 heavy (non-hydrogen) atoms. The van der Waals surface area contributed by atoms with Crippen molar-refractivity contribution in [3.05, 3.63) is 18.2 Å². The van der Waals surface area contributed by atoms with Crippen LogP contribution >= 0.6 is 0 Å². The van der Waals surface area contributed by atoms with Gasteiger partial charge in [0.2, 0.25) is 5.91 Å². The lowest BCUT2D eigenvalue weighted by Gasteiger charge is -2.21. The molecule has 1 aliphatic heterocycles. The normalized spacial score (nSPS) is 18.5. The van der Waals surface area contributed by atoms with Gasteiger partial charge in [-0.05, 0) is 25.0 Å². The van der Waals surface area contributed by atoms with E-state index in [1.165, 1.54) is 0 Å². The number of guanidine groups is 1. The van der Waals surface area contributed by atoms with Crippen molar-refractivity contribution in [3.8, 4) is 11.5 Å². The van der Waals surface area contributed by atoms with Gasteiger partial charge < -0.3 is 25.8 Å². The van der Waals surface area contributed by atoms with E-state index in [9.17, 15) is 4.79 Å². The summed E-state index contributed by atoms with van der Waals surface area (Å²) < 4.78 is 10.4. The summed E-state index contributed by atoms with van der Waals surface area (Å²) >= 11 is 0. The number of carbonyl (C=O) groups is 1. The van der Waals surface area contributed by atoms with E-state index in [-0.39, 0.29) is 11.9 Å². The Balaban J connectivity index is 1.94. The molecule has 1 unspecified atom stereocenters. The molecule has 2 rings (SSSR count). The lowest BCUT2D eigenvalue weighted by molar-refractivity contribution is -0.123. The predicted molar refractivity (Wildman–Crippen MR) is 85.4 cm³/mol.